The fraction of sp³-hybridized carbons (Fsp3) is 0.300. The first kappa shape index (κ1) is 18.5. The third kappa shape index (κ3) is 6.30. The topological polar surface area (TPSA) is 75.6 Å². The largest absolute Gasteiger partial charge is 0.494 e. The van der Waals surface area contributed by atoms with Crippen LogP contribution in [0.1, 0.15) is 18.9 Å². The molecule has 2 N–H and O–H groups in total. The Labute approximate surface area is 147 Å². The van der Waals surface area contributed by atoms with E-state index in [1.54, 1.807) is 6.92 Å². The third-order valence-corrected chi connectivity index (χ3v) is 3.91. The normalized spacial score (nSPS) is 12.8. The highest BCUT2D eigenvalue weighted by molar-refractivity contribution is 5.84. The maximum atomic E-state index is 12.3. The molecule has 0 heterocycles. The van der Waals surface area contributed by atoms with Crippen LogP contribution in [0.4, 0.5) is 0 Å². The summed E-state index contributed by atoms with van der Waals surface area (Å²) in [5.41, 5.74) is 0.871. The minimum atomic E-state index is -1.04. The zero-order chi connectivity index (χ0) is 18.1. The van der Waals surface area contributed by atoms with Crippen molar-refractivity contribution < 1.29 is 19.4 Å². The number of hydrogen-bond donors (Lipinski definition) is 2. The molecule has 0 spiro atoms. The van der Waals surface area contributed by atoms with Gasteiger partial charge in [0, 0.05) is 12.3 Å². The van der Waals surface area contributed by atoms with Crippen LogP contribution in [-0.4, -0.2) is 29.6 Å². The van der Waals surface area contributed by atoms with E-state index in [1.165, 1.54) is 0 Å². The standard InChI is InChI=1S/C20H23NO4/c1-15(12-13-25-17-10-6-3-7-11-17)19(22)21-18(20(23)24)14-16-8-4-2-5-9-16/h2-11,15,18H,12-14H2,1H3,(H,21,22)(H,23,24). The summed E-state index contributed by atoms with van der Waals surface area (Å²) in [6, 6.07) is 17.7. The summed E-state index contributed by atoms with van der Waals surface area (Å²) in [6.45, 7) is 2.17. The average Bonchev–Trinajstić information content (AvgIpc) is 2.62. The zero-order valence-electron chi connectivity index (χ0n) is 14.2. The number of aliphatic carboxylic acids is 1. The SMILES string of the molecule is CC(CCOc1ccccc1)C(=O)NC(Cc1ccccc1)C(=O)O. The summed E-state index contributed by atoms with van der Waals surface area (Å²) in [7, 11) is 0. The van der Waals surface area contributed by atoms with E-state index in [9.17, 15) is 14.7 Å². The minimum Gasteiger partial charge on any atom is -0.494 e. The monoisotopic (exact) mass is 341 g/mol. The number of nitrogens with one attached hydrogen (secondary N) is 1. The third-order valence-electron chi connectivity index (χ3n) is 3.91. The van der Waals surface area contributed by atoms with Gasteiger partial charge in [-0.15, -0.1) is 0 Å². The lowest BCUT2D eigenvalue weighted by molar-refractivity contribution is -0.142. The Morgan fingerprint density at radius 1 is 1.04 bits per heavy atom. The first-order chi connectivity index (χ1) is 12.1. The second kappa shape index (κ2) is 9.47. The molecule has 132 valence electrons. The second-order valence-corrected chi connectivity index (χ2v) is 5.94. The van der Waals surface area contributed by atoms with E-state index in [1.807, 2.05) is 60.7 Å². The Morgan fingerprint density at radius 3 is 2.24 bits per heavy atom. The molecular weight excluding hydrogens is 318 g/mol. The molecule has 0 radical (unpaired) electrons. The Morgan fingerprint density at radius 2 is 1.64 bits per heavy atom. The number of para-hydroxylation sites is 1. The number of benzene rings is 2. The van der Waals surface area contributed by atoms with Gasteiger partial charge in [-0.25, -0.2) is 4.79 Å². The number of ether oxygens (including phenoxy) is 1. The van der Waals surface area contributed by atoms with E-state index < -0.39 is 12.0 Å². The van der Waals surface area contributed by atoms with Crippen LogP contribution in [0, 0.1) is 5.92 Å². The minimum absolute atomic E-state index is 0.259. The zero-order valence-corrected chi connectivity index (χ0v) is 14.2. The maximum absolute atomic E-state index is 12.3. The van der Waals surface area contributed by atoms with Gasteiger partial charge in [0.25, 0.3) is 0 Å². The highest BCUT2D eigenvalue weighted by Gasteiger charge is 2.23. The van der Waals surface area contributed by atoms with Crippen molar-refractivity contribution in [2.24, 2.45) is 5.92 Å². The molecule has 0 aromatic heterocycles. The van der Waals surface area contributed by atoms with E-state index in [4.69, 9.17) is 4.74 Å². The van der Waals surface area contributed by atoms with Crippen molar-refractivity contribution in [3.63, 3.8) is 0 Å². The quantitative estimate of drug-likeness (QED) is 0.735. The number of carboxylic acids is 1. The van der Waals surface area contributed by atoms with Crippen LogP contribution in [0.2, 0.25) is 0 Å². The highest BCUT2D eigenvalue weighted by atomic mass is 16.5. The molecule has 0 aliphatic rings. The molecule has 1 amide bonds. The lowest BCUT2D eigenvalue weighted by atomic mass is 10.0. The molecule has 0 saturated carbocycles. The lowest BCUT2D eigenvalue weighted by Crippen LogP contribution is -2.44. The fourth-order valence-electron chi connectivity index (χ4n) is 2.37. The number of hydrogen-bond acceptors (Lipinski definition) is 3. The molecule has 25 heavy (non-hydrogen) atoms. The molecule has 0 fully saturated rings. The first-order valence-electron chi connectivity index (χ1n) is 8.31. The molecule has 0 saturated heterocycles. The van der Waals surface area contributed by atoms with Crippen molar-refractivity contribution in [3.8, 4) is 5.75 Å². The van der Waals surface area contributed by atoms with Gasteiger partial charge in [0.1, 0.15) is 11.8 Å². The van der Waals surface area contributed by atoms with E-state index in [0.717, 1.165) is 11.3 Å². The Kier molecular flexibility index (Phi) is 7.01. The van der Waals surface area contributed by atoms with Gasteiger partial charge in [-0.3, -0.25) is 4.79 Å². The maximum Gasteiger partial charge on any atom is 0.326 e. The summed E-state index contributed by atoms with van der Waals surface area (Å²) < 4.78 is 5.58. The molecule has 2 unspecified atom stereocenters. The Bertz CT molecular complexity index is 673. The van der Waals surface area contributed by atoms with Gasteiger partial charge in [0.2, 0.25) is 5.91 Å². The molecule has 5 heteroatoms. The molecule has 2 aromatic carbocycles. The van der Waals surface area contributed by atoms with Gasteiger partial charge >= 0.3 is 5.97 Å². The molecule has 0 aliphatic carbocycles. The van der Waals surface area contributed by atoms with Gasteiger partial charge in [-0.05, 0) is 24.1 Å². The van der Waals surface area contributed by atoms with E-state index in [-0.39, 0.29) is 18.2 Å². The highest BCUT2D eigenvalue weighted by Crippen LogP contribution is 2.11. The summed E-state index contributed by atoms with van der Waals surface area (Å²) in [6.07, 6.45) is 0.771. The van der Waals surface area contributed by atoms with Crippen molar-refractivity contribution in [2.45, 2.75) is 25.8 Å². The van der Waals surface area contributed by atoms with Crippen LogP contribution in [-0.2, 0) is 16.0 Å². The summed E-state index contributed by atoms with van der Waals surface area (Å²) in [4.78, 5) is 23.7. The van der Waals surface area contributed by atoms with Crippen molar-refractivity contribution in [3.05, 3.63) is 66.2 Å². The molecule has 0 aliphatic heterocycles. The lowest BCUT2D eigenvalue weighted by Gasteiger charge is -2.18. The summed E-state index contributed by atoms with van der Waals surface area (Å²) >= 11 is 0. The molecule has 2 aromatic rings. The van der Waals surface area contributed by atoms with Gasteiger partial charge in [-0.1, -0.05) is 55.5 Å². The Balaban J connectivity index is 1.81. The van der Waals surface area contributed by atoms with Crippen LogP contribution < -0.4 is 10.1 Å². The average molecular weight is 341 g/mol. The molecule has 5 nitrogen and oxygen atoms in total. The van der Waals surface area contributed by atoms with Crippen LogP contribution in [0.15, 0.2) is 60.7 Å². The van der Waals surface area contributed by atoms with Gasteiger partial charge in [0.05, 0.1) is 6.61 Å². The molecule has 0 bridgehead atoms. The van der Waals surface area contributed by atoms with Crippen LogP contribution in [0.5, 0.6) is 5.75 Å². The predicted octanol–water partition coefficient (Wildman–Crippen LogP) is 2.90. The van der Waals surface area contributed by atoms with Crippen LogP contribution >= 0.6 is 0 Å². The molecule has 2 atom stereocenters. The van der Waals surface area contributed by atoms with Gasteiger partial charge in [-0.2, -0.15) is 0 Å². The van der Waals surface area contributed by atoms with Gasteiger partial charge < -0.3 is 15.2 Å². The van der Waals surface area contributed by atoms with Crippen molar-refractivity contribution >= 4 is 11.9 Å². The second-order valence-electron chi connectivity index (χ2n) is 5.94. The molecular formula is C20H23NO4. The summed E-state index contributed by atoms with van der Waals surface area (Å²) in [5, 5.41) is 12.0. The van der Waals surface area contributed by atoms with Crippen molar-refractivity contribution in [1.82, 2.24) is 5.32 Å². The number of amides is 1. The van der Waals surface area contributed by atoms with Gasteiger partial charge in [0.15, 0.2) is 0 Å². The smallest absolute Gasteiger partial charge is 0.326 e. The number of rotatable bonds is 9. The van der Waals surface area contributed by atoms with Crippen molar-refractivity contribution in [1.29, 1.82) is 0 Å². The fourth-order valence-corrected chi connectivity index (χ4v) is 2.37. The summed E-state index contributed by atoms with van der Waals surface area (Å²) in [5.74, 6) is -0.895. The van der Waals surface area contributed by atoms with Crippen molar-refractivity contribution in [2.75, 3.05) is 6.61 Å². The predicted molar refractivity (Wildman–Crippen MR) is 95.4 cm³/mol. The number of carbonyl (C=O) groups is 2. The van der Waals surface area contributed by atoms with Crippen LogP contribution in [0.3, 0.4) is 0 Å². The van der Waals surface area contributed by atoms with Crippen LogP contribution in [0.25, 0.3) is 0 Å². The van der Waals surface area contributed by atoms with E-state index >= 15 is 0 Å². The number of carbonyl (C=O) groups excluding carboxylic acids is 1. The van der Waals surface area contributed by atoms with E-state index in [2.05, 4.69) is 5.32 Å². The number of carboxylic acid groups (broad SMARTS) is 1. The Hall–Kier alpha value is -2.82. The van der Waals surface area contributed by atoms with E-state index in [0.29, 0.717) is 13.0 Å². The first-order valence-corrected chi connectivity index (χ1v) is 8.31. The molecule has 2 rings (SSSR count).